The van der Waals surface area contributed by atoms with Gasteiger partial charge < -0.3 is 9.88 Å². The van der Waals surface area contributed by atoms with Crippen molar-refractivity contribution in [2.75, 3.05) is 5.32 Å². The Morgan fingerprint density at radius 2 is 1.58 bits per heavy atom. The summed E-state index contributed by atoms with van der Waals surface area (Å²) in [4.78, 5) is 25.3. The molecule has 3 aromatic rings. The van der Waals surface area contributed by atoms with Gasteiger partial charge in [0.1, 0.15) is 5.56 Å². The molecule has 1 amide bonds. The molecule has 0 spiro atoms. The minimum absolute atomic E-state index is 0.138. The molecule has 0 unspecified atom stereocenters. The van der Waals surface area contributed by atoms with E-state index in [-0.39, 0.29) is 11.1 Å². The van der Waals surface area contributed by atoms with Gasteiger partial charge in [0.2, 0.25) is 0 Å². The van der Waals surface area contributed by atoms with Crippen LogP contribution in [0.25, 0.3) is 0 Å². The first-order chi connectivity index (χ1) is 12.4. The lowest BCUT2D eigenvalue weighted by Crippen LogP contribution is -2.29. The number of nitrogens with zero attached hydrogens (tertiary/aromatic N) is 1. The van der Waals surface area contributed by atoms with Crippen LogP contribution in [0.4, 0.5) is 5.69 Å². The molecule has 0 radical (unpaired) electrons. The van der Waals surface area contributed by atoms with Gasteiger partial charge in [0.15, 0.2) is 0 Å². The molecule has 0 atom stereocenters. The van der Waals surface area contributed by atoms with E-state index in [1.54, 1.807) is 22.9 Å². The van der Waals surface area contributed by atoms with Gasteiger partial charge in [-0.25, -0.2) is 0 Å². The Labute approximate surface area is 153 Å². The van der Waals surface area contributed by atoms with Crippen LogP contribution in [-0.2, 0) is 6.54 Å². The molecule has 0 bridgehead atoms. The molecule has 26 heavy (non-hydrogen) atoms. The molecule has 0 aliphatic carbocycles. The highest BCUT2D eigenvalue weighted by molar-refractivity contribution is 6.04. The molecular weight excluding hydrogens is 324 g/mol. The Hall–Kier alpha value is -3.14. The van der Waals surface area contributed by atoms with Crippen LogP contribution < -0.4 is 10.9 Å². The number of amides is 1. The number of benzene rings is 2. The first-order valence-electron chi connectivity index (χ1n) is 8.57. The zero-order valence-corrected chi connectivity index (χ0v) is 15.2. The van der Waals surface area contributed by atoms with Gasteiger partial charge >= 0.3 is 0 Å². The number of aryl methyl sites for hydroxylation is 3. The molecule has 0 aliphatic heterocycles. The molecule has 4 nitrogen and oxygen atoms in total. The number of pyridine rings is 1. The number of rotatable bonds is 4. The van der Waals surface area contributed by atoms with E-state index in [0.717, 1.165) is 16.7 Å². The highest BCUT2D eigenvalue weighted by Crippen LogP contribution is 2.14. The summed E-state index contributed by atoms with van der Waals surface area (Å²) < 4.78 is 1.56. The maximum absolute atomic E-state index is 12.7. The van der Waals surface area contributed by atoms with E-state index < -0.39 is 5.91 Å². The first kappa shape index (κ1) is 17.7. The second-order valence-corrected chi connectivity index (χ2v) is 6.67. The van der Waals surface area contributed by atoms with Gasteiger partial charge in [-0.1, -0.05) is 35.9 Å². The minimum atomic E-state index is -0.391. The summed E-state index contributed by atoms with van der Waals surface area (Å²) in [5.41, 5.74) is 4.84. The van der Waals surface area contributed by atoms with Gasteiger partial charge in [0, 0.05) is 11.9 Å². The van der Waals surface area contributed by atoms with Gasteiger partial charge in [0.25, 0.3) is 11.5 Å². The SMILES string of the molecule is Cc1ccc(Cn2cccc(C(=O)Nc3cc(C)cc(C)c3)c2=O)cc1. The van der Waals surface area contributed by atoms with Crippen molar-refractivity contribution in [3.05, 3.63) is 99.0 Å². The first-order valence-corrected chi connectivity index (χ1v) is 8.57. The summed E-state index contributed by atoms with van der Waals surface area (Å²) in [6.45, 7) is 6.40. The highest BCUT2D eigenvalue weighted by Gasteiger charge is 2.13. The van der Waals surface area contributed by atoms with Crippen molar-refractivity contribution in [3.8, 4) is 0 Å². The van der Waals surface area contributed by atoms with Gasteiger partial charge in [-0.2, -0.15) is 0 Å². The third-order valence-corrected chi connectivity index (χ3v) is 4.22. The van der Waals surface area contributed by atoms with Crippen LogP contribution in [0.1, 0.15) is 32.6 Å². The monoisotopic (exact) mass is 346 g/mol. The maximum Gasteiger partial charge on any atom is 0.263 e. The highest BCUT2D eigenvalue weighted by atomic mass is 16.2. The van der Waals surface area contributed by atoms with Gasteiger partial charge in [0.05, 0.1) is 6.54 Å². The number of nitrogens with one attached hydrogen (secondary N) is 1. The topological polar surface area (TPSA) is 51.1 Å². The van der Waals surface area contributed by atoms with Crippen molar-refractivity contribution in [1.29, 1.82) is 0 Å². The number of hydrogen-bond acceptors (Lipinski definition) is 2. The largest absolute Gasteiger partial charge is 0.322 e. The van der Waals surface area contributed by atoms with Crippen molar-refractivity contribution in [1.82, 2.24) is 4.57 Å². The Morgan fingerprint density at radius 3 is 2.23 bits per heavy atom. The Bertz CT molecular complexity index is 981. The average molecular weight is 346 g/mol. The molecule has 1 aromatic heterocycles. The summed E-state index contributed by atoms with van der Waals surface area (Å²) in [5.74, 6) is -0.391. The molecular formula is C22H22N2O2. The number of hydrogen-bond donors (Lipinski definition) is 1. The summed E-state index contributed by atoms with van der Waals surface area (Å²) >= 11 is 0. The van der Waals surface area contributed by atoms with Crippen LogP contribution in [0.5, 0.6) is 0 Å². The van der Waals surface area contributed by atoms with Crippen molar-refractivity contribution < 1.29 is 4.79 Å². The Kier molecular flexibility index (Phi) is 5.03. The summed E-state index contributed by atoms with van der Waals surface area (Å²) in [7, 11) is 0. The van der Waals surface area contributed by atoms with Crippen LogP contribution in [-0.4, -0.2) is 10.5 Å². The molecule has 0 fully saturated rings. The number of carbonyl (C=O) groups is 1. The van der Waals surface area contributed by atoms with Crippen LogP contribution in [0, 0.1) is 20.8 Å². The quantitative estimate of drug-likeness (QED) is 0.774. The fourth-order valence-electron chi connectivity index (χ4n) is 2.97. The van der Waals surface area contributed by atoms with Crippen molar-refractivity contribution in [2.24, 2.45) is 0 Å². The standard InChI is InChI=1S/C22H22N2O2/c1-15-6-8-18(9-7-15)14-24-10-4-5-20(22(24)26)21(25)23-19-12-16(2)11-17(3)13-19/h4-13H,14H2,1-3H3,(H,23,25). The molecule has 2 aromatic carbocycles. The Morgan fingerprint density at radius 1 is 0.923 bits per heavy atom. The van der Waals surface area contributed by atoms with E-state index in [1.807, 2.05) is 63.2 Å². The zero-order chi connectivity index (χ0) is 18.7. The van der Waals surface area contributed by atoms with Gasteiger partial charge in [-0.3, -0.25) is 9.59 Å². The third kappa shape index (κ3) is 4.09. The number of carbonyl (C=O) groups excluding carboxylic acids is 1. The van der Waals surface area contributed by atoms with Crippen LogP contribution in [0.15, 0.2) is 65.6 Å². The minimum Gasteiger partial charge on any atom is -0.322 e. The predicted molar refractivity (Wildman–Crippen MR) is 105 cm³/mol. The summed E-state index contributed by atoms with van der Waals surface area (Å²) in [5, 5.41) is 2.83. The maximum atomic E-state index is 12.7. The fraction of sp³-hybridized carbons (Fsp3) is 0.182. The number of anilines is 1. The predicted octanol–water partition coefficient (Wildman–Crippen LogP) is 4.07. The van der Waals surface area contributed by atoms with E-state index in [4.69, 9.17) is 0 Å². The molecule has 4 heteroatoms. The zero-order valence-electron chi connectivity index (χ0n) is 15.2. The van der Waals surface area contributed by atoms with E-state index in [1.165, 1.54) is 5.56 Å². The van der Waals surface area contributed by atoms with Gasteiger partial charge in [-0.15, -0.1) is 0 Å². The third-order valence-electron chi connectivity index (χ3n) is 4.22. The molecule has 0 saturated heterocycles. The normalized spacial score (nSPS) is 10.6. The fourth-order valence-corrected chi connectivity index (χ4v) is 2.97. The smallest absolute Gasteiger partial charge is 0.263 e. The van der Waals surface area contributed by atoms with Crippen LogP contribution in [0.3, 0.4) is 0 Å². The lowest BCUT2D eigenvalue weighted by molar-refractivity contribution is 0.102. The van der Waals surface area contributed by atoms with Crippen molar-refractivity contribution >= 4 is 11.6 Å². The molecule has 0 aliphatic rings. The van der Waals surface area contributed by atoms with Gasteiger partial charge in [-0.05, 0) is 61.7 Å². The lowest BCUT2D eigenvalue weighted by atomic mass is 10.1. The van der Waals surface area contributed by atoms with Crippen LogP contribution >= 0.6 is 0 Å². The molecule has 132 valence electrons. The van der Waals surface area contributed by atoms with E-state index in [2.05, 4.69) is 5.32 Å². The molecule has 3 rings (SSSR count). The van der Waals surface area contributed by atoms with E-state index in [0.29, 0.717) is 12.2 Å². The molecule has 1 heterocycles. The van der Waals surface area contributed by atoms with Crippen LogP contribution in [0.2, 0.25) is 0 Å². The molecule has 0 saturated carbocycles. The molecule has 1 N–H and O–H groups in total. The van der Waals surface area contributed by atoms with E-state index >= 15 is 0 Å². The summed E-state index contributed by atoms with van der Waals surface area (Å²) in [6.07, 6.45) is 1.70. The summed E-state index contributed by atoms with van der Waals surface area (Å²) in [6, 6.07) is 17.1. The number of aromatic nitrogens is 1. The lowest BCUT2D eigenvalue weighted by Gasteiger charge is -2.10. The second-order valence-electron chi connectivity index (χ2n) is 6.67. The van der Waals surface area contributed by atoms with Crippen molar-refractivity contribution in [3.63, 3.8) is 0 Å². The van der Waals surface area contributed by atoms with E-state index in [9.17, 15) is 9.59 Å². The average Bonchev–Trinajstić information content (AvgIpc) is 2.57. The second kappa shape index (κ2) is 7.40. The van der Waals surface area contributed by atoms with Crippen molar-refractivity contribution in [2.45, 2.75) is 27.3 Å². The Balaban J connectivity index is 1.85.